The zero-order valence-electron chi connectivity index (χ0n) is 5.97. The van der Waals surface area contributed by atoms with E-state index in [4.69, 9.17) is 0 Å². The topological polar surface area (TPSA) is 0 Å². The summed E-state index contributed by atoms with van der Waals surface area (Å²) in [7, 11) is 0. The van der Waals surface area contributed by atoms with Crippen LogP contribution in [0.3, 0.4) is 0 Å². The predicted molar refractivity (Wildman–Crippen MR) is 38.9 cm³/mol. The van der Waals surface area contributed by atoms with Crippen LogP contribution in [0.15, 0.2) is 0 Å². The standard InChI is InChI=1S/C9H15/c1-7-6-8-2-4-9(7)5-3-8/h7-9H,1-6H2. The Labute approximate surface area is 57.6 Å². The molecule has 0 saturated heterocycles. The fourth-order valence-corrected chi connectivity index (χ4v) is 2.52. The summed E-state index contributed by atoms with van der Waals surface area (Å²) >= 11 is 0. The largest absolute Gasteiger partial charge is 0.0502 e. The van der Waals surface area contributed by atoms with Crippen LogP contribution in [0.5, 0.6) is 0 Å². The van der Waals surface area contributed by atoms with Crippen LogP contribution in [0.4, 0.5) is 0 Å². The lowest BCUT2D eigenvalue weighted by Crippen LogP contribution is -2.29. The van der Waals surface area contributed by atoms with Crippen LogP contribution in [0.1, 0.15) is 32.1 Å². The second-order valence-electron chi connectivity index (χ2n) is 3.78. The highest BCUT2D eigenvalue weighted by Gasteiger charge is 2.32. The Kier molecular flexibility index (Phi) is 1.28. The van der Waals surface area contributed by atoms with Crippen molar-refractivity contribution in [2.75, 3.05) is 0 Å². The normalized spacial score (nSPS) is 49.7. The van der Waals surface area contributed by atoms with E-state index in [-0.39, 0.29) is 0 Å². The molecule has 0 aromatic rings. The van der Waals surface area contributed by atoms with Crippen molar-refractivity contribution in [1.29, 1.82) is 0 Å². The summed E-state index contributed by atoms with van der Waals surface area (Å²) in [4.78, 5) is 0. The van der Waals surface area contributed by atoms with Crippen molar-refractivity contribution >= 4 is 0 Å². The summed E-state index contributed by atoms with van der Waals surface area (Å²) in [5.74, 6) is 2.89. The molecule has 0 amide bonds. The molecule has 1 radical (unpaired) electrons. The first-order valence-electron chi connectivity index (χ1n) is 4.19. The molecule has 3 aliphatic carbocycles. The van der Waals surface area contributed by atoms with E-state index in [1.165, 1.54) is 32.1 Å². The van der Waals surface area contributed by atoms with Gasteiger partial charge in [-0.2, -0.15) is 0 Å². The van der Waals surface area contributed by atoms with Gasteiger partial charge < -0.3 is 0 Å². The first-order chi connectivity index (χ1) is 4.36. The molecule has 0 aromatic heterocycles. The van der Waals surface area contributed by atoms with E-state index in [1.54, 1.807) is 0 Å². The Morgan fingerprint density at radius 2 is 1.67 bits per heavy atom. The van der Waals surface area contributed by atoms with Gasteiger partial charge in [0.15, 0.2) is 0 Å². The quantitative estimate of drug-likeness (QED) is 0.464. The maximum atomic E-state index is 4.18. The van der Waals surface area contributed by atoms with Crippen molar-refractivity contribution in [3.63, 3.8) is 0 Å². The van der Waals surface area contributed by atoms with Crippen LogP contribution in [0.25, 0.3) is 0 Å². The van der Waals surface area contributed by atoms with Gasteiger partial charge in [0, 0.05) is 0 Å². The number of fused-ring (bicyclic) bond motifs is 3. The Morgan fingerprint density at radius 1 is 1.00 bits per heavy atom. The Hall–Kier alpha value is 0. The molecule has 2 bridgehead atoms. The second-order valence-corrected chi connectivity index (χ2v) is 3.78. The van der Waals surface area contributed by atoms with E-state index in [0.29, 0.717) is 0 Å². The van der Waals surface area contributed by atoms with Gasteiger partial charge in [-0.25, -0.2) is 0 Å². The molecule has 0 heteroatoms. The SMILES string of the molecule is [CH2]C1CC2CCC1CC2. The number of hydrogen-bond acceptors (Lipinski definition) is 0. The lowest BCUT2D eigenvalue weighted by atomic mass is 9.65. The van der Waals surface area contributed by atoms with Crippen molar-refractivity contribution in [1.82, 2.24) is 0 Å². The summed E-state index contributed by atoms with van der Waals surface area (Å²) in [5.41, 5.74) is 0. The zero-order chi connectivity index (χ0) is 6.27. The van der Waals surface area contributed by atoms with Crippen LogP contribution >= 0.6 is 0 Å². The minimum atomic E-state index is 0.817. The highest BCUT2D eigenvalue weighted by atomic mass is 14.4. The van der Waals surface area contributed by atoms with Crippen LogP contribution in [0.2, 0.25) is 0 Å². The molecule has 0 spiro atoms. The summed E-state index contributed by atoms with van der Waals surface area (Å²) in [5, 5.41) is 0. The second kappa shape index (κ2) is 2.00. The molecule has 9 heavy (non-hydrogen) atoms. The highest BCUT2D eigenvalue weighted by Crippen LogP contribution is 2.44. The fraction of sp³-hybridized carbons (Fsp3) is 0.889. The molecule has 51 valence electrons. The minimum absolute atomic E-state index is 0.817. The van der Waals surface area contributed by atoms with Gasteiger partial charge in [0.2, 0.25) is 0 Å². The molecule has 0 aliphatic heterocycles. The van der Waals surface area contributed by atoms with E-state index in [9.17, 15) is 0 Å². The Morgan fingerprint density at radius 3 is 1.89 bits per heavy atom. The summed E-state index contributed by atoms with van der Waals surface area (Å²) in [6, 6.07) is 0. The molecule has 1 atom stereocenters. The first kappa shape index (κ1) is 5.76. The predicted octanol–water partition coefficient (Wildman–Crippen LogP) is 2.65. The summed E-state index contributed by atoms with van der Waals surface area (Å²) in [6.07, 6.45) is 7.43. The molecule has 3 aliphatic rings. The zero-order valence-corrected chi connectivity index (χ0v) is 5.97. The minimum Gasteiger partial charge on any atom is -0.0502 e. The lowest BCUT2D eigenvalue weighted by molar-refractivity contribution is 0.127. The Bertz CT molecular complexity index is 98.6. The third kappa shape index (κ3) is 0.889. The molecule has 0 aromatic carbocycles. The van der Waals surface area contributed by atoms with Gasteiger partial charge in [0.05, 0.1) is 0 Å². The van der Waals surface area contributed by atoms with Crippen LogP contribution < -0.4 is 0 Å². The van der Waals surface area contributed by atoms with Gasteiger partial charge >= 0.3 is 0 Å². The molecule has 0 heterocycles. The van der Waals surface area contributed by atoms with Crippen LogP contribution in [-0.4, -0.2) is 0 Å². The van der Waals surface area contributed by atoms with Crippen LogP contribution in [0, 0.1) is 24.7 Å². The molecule has 3 rings (SSSR count). The van der Waals surface area contributed by atoms with Gasteiger partial charge in [-0.15, -0.1) is 0 Å². The lowest BCUT2D eigenvalue weighted by Gasteiger charge is -2.40. The van der Waals surface area contributed by atoms with E-state index >= 15 is 0 Å². The summed E-state index contributed by atoms with van der Waals surface area (Å²) < 4.78 is 0. The van der Waals surface area contributed by atoms with E-state index in [1.807, 2.05) is 0 Å². The van der Waals surface area contributed by atoms with Gasteiger partial charge in [-0.05, 0) is 43.9 Å². The van der Waals surface area contributed by atoms with E-state index < -0.39 is 0 Å². The summed E-state index contributed by atoms with van der Waals surface area (Å²) in [6.45, 7) is 4.18. The average Bonchev–Trinajstić information content (AvgIpc) is 1.90. The molecule has 1 unspecified atom stereocenters. The highest BCUT2D eigenvalue weighted by molar-refractivity contribution is 4.86. The van der Waals surface area contributed by atoms with Gasteiger partial charge in [0.25, 0.3) is 0 Å². The maximum Gasteiger partial charge on any atom is -0.0383 e. The van der Waals surface area contributed by atoms with Crippen molar-refractivity contribution in [2.45, 2.75) is 32.1 Å². The molecule has 3 saturated carbocycles. The van der Waals surface area contributed by atoms with Crippen molar-refractivity contribution < 1.29 is 0 Å². The van der Waals surface area contributed by atoms with E-state index in [0.717, 1.165) is 17.8 Å². The average molecular weight is 123 g/mol. The van der Waals surface area contributed by atoms with Crippen molar-refractivity contribution in [2.24, 2.45) is 17.8 Å². The van der Waals surface area contributed by atoms with E-state index in [2.05, 4.69) is 6.92 Å². The molecular formula is C9H15. The van der Waals surface area contributed by atoms with Gasteiger partial charge in [-0.3, -0.25) is 0 Å². The maximum absolute atomic E-state index is 4.18. The molecule has 3 fully saturated rings. The molecule has 0 nitrogen and oxygen atoms in total. The van der Waals surface area contributed by atoms with Crippen LogP contribution in [-0.2, 0) is 0 Å². The number of rotatable bonds is 0. The number of hydrogen-bond donors (Lipinski definition) is 0. The van der Waals surface area contributed by atoms with Gasteiger partial charge in [0.1, 0.15) is 0 Å². The first-order valence-corrected chi connectivity index (χ1v) is 4.19. The van der Waals surface area contributed by atoms with Gasteiger partial charge in [-0.1, -0.05) is 12.8 Å². The third-order valence-electron chi connectivity index (χ3n) is 3.19. The van der Waals surface area contributed by atoms with Crippen molar-refractivity contribution in [3.05, 3.63) is 6.92 Å². The molecule has 0 N–H and O–H groups in total. The Balaban J connectivity index is 2.06. The molecular weight excluding hydrogens is 108 g/mol. The monoisotopic (exact) mass is 123 g/mol. The fourth-order valence-electron chi connectivity index (χ4n) is 2.52. The van der Waals surface area contributed by atoms with Crippen molar-refractivity contribution in [3.8, 4) is 0 Å². The smallest absolute Gasteiger partial charge is 0.0383 e. The third-order valence-corrected chi connectivity index (χ3v) is 3.19.